The smallest absolute Gasteiger partial charge is 0.368 e. The van der Waals surface area contributed by atoms with Crippen LogP contribution in [0.5, 0.6) is 0 Å². The fraction of sp³-hybridized carbons (Fsp3) is 0.294. The molecule has 1 aromatic carbocycles. The van der Waals surface area contributed by atoms with Gasteiger partial charge < -0.3 is 14.8 Å². The summed E-state index contributed by atoms with van der Waals surface area (Å²) in [6, 6.07) is 5.76. The van der Waals surface area contributed by atoms with Crippen LogP contribution in [0.4, 0.5) is 18.9 Å². The van der Waals surface area contributed by atoms with Crippen LogP contribution in [-0.2, 0) is 6.18 Å². The summed E-state index contributed by atoms with van der Waals surface area (Å²) in [4.78, 5) is 29.7. The van der Waals surface area contributed by atoms with E-state index in [4.69, 9.17) is 23.2 Å². The summed E-state index contributed by atoms with van der Waals surface area (Å²) in [6.45, 7) is 1.41. The molecule has 144 valence electrons. The lowest BCUT2D eigenvalue weighted by Crippen LogP contribution is -2.49. The Kier molecular flexibility index (Phi) is 5.39. The molecule has 0 atom stereocenters. The van der Waals surface area contributed by atoms with Crippen LogP contribution in [0.1, 0.15) is 15.9 Å². The van der Waals surface area contributed by atoms with E-state index in [1.807, 2.05) is 9.88 Å². The standard InChI is InChI=1S/C17H14Cl2F3N3O2/c18-13-2-1-11(8-14(13)19)24-3-5-25(6-4-24)16(27)12-7-10(17(20,21)22)9-23-15(12)26/h1-2,7-9H,3-6H2,(H,23,26). The monoisotopic (exact) mass is 419 g/mol. The van der Waals surface area contributed by atoms with Gasteiger partial charge in [0, 0.05) is 38.1 Å². The number of pyridine rings is 1. The van der Waals surface area contributed by atoms with Gasteiger partial charge in [0.1, 0.15) is 5.56 Å². The fourth-order valence-electron chi connectivity index (χ4n) is 2.83. The number of hydrogen-bond acceptors (Lipinski definition) is 3. The van der Waals surface area contributed by atoms with E-state index in [-0.39, 0.29) is 13.1 Å². The number of anilines is 1. The van der Waals surface area contributed by atoms with Gasteiger partial charge in [-0.15, -0.1) is 0 Å². The number of carbonyl (C=O) groups is 1. The van der Waals surface area contributed by atoms with Gasteiger partial charge in [-0.2, -0.15) is 13.2 Å². The van der Waals surface area contributed by atoms with E-state index in [0.717, 1.165) is 5.69 Å². The predicted molar refractivity (Wildman–Crippen MR) is 96.6 cm³/mol. The maximum absolute atomic E-state index is 12.8. The quantitative estimate of drug-likeness (QED) is 0.807. The molecule has 2 heterocycles. The van der Waals surface area contributed by atoms with Gasteiger partial charge in [-0.05, 0) is 24.3 Å². The molecule has 1 aliphatic rings. The van der Waals surface area contributed by atoms with Gasteiger partial charge in [-0.3, -0.25) is 9.59 Å². The van der Waals surface area contributed by atoms with E-state index >= 15 is 0 Å². The minimum atomic E-state index is -4.65. The Morgan fingerprint density at radius 1 is 1.04 bits per heavy atom. The van der Waals surface area contributed by atoms with Crippen molar-refractivity contribution < 1.29 is 18.0 Å². The van der Waals surface area contributed by atoms with Crippen LogP contribution in [0.3, 0.4) is 0 Å². The van der Waals surface area contributed by atoms with Crippen molar-refractivity contribution in [3.8, 4) is 0 Å². The molecule has 10 heteroatoms. The van der Waals surface area contributed by atoms with Crippen molar-refractivity contribution in [1.82, 2.24) is 9.88 Å². The van der Waals surface area contributed by atoms with E-state index < -0.39 is 28.8 Å². The molecule has 27 heavy (non-hydrogen) atoms. The molecule has 1 fully saturated rings. The number of aromatic amines is 1. The van der Waals surface area contributed by atoms with Gasteiger partial charge in [0.15, 0.2) is 0 Å². The highest BCUT2D eigenvalue weighted by Crippen LogP contribution is 2.29. The van der Waals surface area contributed by atoms with Crippen LogP contribution in [0.2, 0.25) is 10.0 Å². The molecule has 0 aliphatic carbocycles. The first-order valence-corrected chi connectivity index (χ1v) is 8.71. The van der Waals surface area contributed by atoms with Gasteiger partial charge in [-0.25, -0.2) is 0 Å². The van der Waals surface area contributed by atoms with Gasteiger partial charge in [0.2, 0.25) is 0 Å². The Hall–Kier alpha value is -2.19. The summed E-state index contributed by atoms with van der Waals surface area (Å²) < 4.78 is 38.5. The van der Waals surface area contributed by atoms with Gasteiger partial charge in [0.05, 0.1) is 15.6 Å². The molecule has 0 radical (unpaired) electrons. The second-order valence-corrected chi connectivity index (χ2v) is 6.82. The third kappa shape index (κ3) is 4.22. The number of halogens is 5. The summed E-state index contributed by atoms with van der Waals surface area (Å²) in [5.74, 6) is -0.726. The number of carbonyl (C=O) groups excluding carboxylic acids is 1. The fourth-order valence-corrected chi connectivity index (χ4v) is 3.12. The van der Waals surface area contributed by atoms with Gasteiger partial charge >= 0.3 is 6.18 Å². The molecular formula is C17H14Cl2F3N3O2. The van der Waals surface area contributed by atoms with Gasteiger partial charge in [0.25, 0.3) is 11.5 Å². The van der Waals surface area contributed by atoms with Gasteiger partial charge in [-0.1, -0.05) is 23.2 Å². The van der Waals surface area contributed by atoms with Crippen LogP contribution in [0, 0.1) is 0 Å². The number of benzene rings is 1. The summed E-state index contributed by atoms with van der Waals surface area (Å²) in [6.07, 6.45) is -4.09. The highest BCUT2D eigenvalue weighted by Gasteiger charge is 2.33. The molecule has 3 rings (SSSR count). The highest BCUT2D eigenvalue weighted by molar-refractivity contribution is 6.42. The lowest BCUT2D eigenvalue weighted by molar-refractivity contribution is -0.137. The Morgan fingerprint density at radius 2 is 1.70 bits per heavy atom. The average molecular weight is 420 g/mol. The zero-order valence-electron chi connectivity index (χ0n) is 13.8. The van der Waals surface area contributed by atoms with Crippen molar-refractivity contribution in [2.75, 3.05) is 31.1 Å². The number of H-pyrrole nitrogens is 1. The van der Waals surface area contributed by atoms with E-state index in [2.05, 4.69) is 0 Å². The second-order valence-electron chi connectivity index (χ2n) is 6.01. The molecule has 0 bridgehead atoms. The van der Waals surface area contributed by atoms with Crippen molar-refractivity contribution >= 4 is 34.8 Å². The number of rotatable bonds is 2. The molecule has 1 aromatic heterocycles. The molecule has 2 aromatic rings. The van der Waals surface area contributed by atoms with E-state index in [0.29, 0.717) is 35.4 Å². The first-order valence-electron chi connectivity index (χ1n) is 7.96. The highest BCUT2D eigenvalue weighted by atomic mass is 35.5. The van der Waals surface area contributed by atoms with E-state index in [1.54, 1.807) is 18.2 Å². The molecule has 0 saturated carbocycles. The summed E-state index contributed by atoms with van der Waals surface area (Å²) in [7, 11) is 0. The van der Waals surface area contributed by atoms with Crippen molar-refractivity contribution in [2.45, 2.75) is 6.18 Å². The number of nitrogens with zero attached hydrogens (tertiary/aromatic N) is 2. The second kappa shape index (κ2) is 7.44. The zero-order valence-corrected chi connectivity index (χ0v) is 15.3. The Balaban J connectivity index is 1.73. The normalized spacial score (nSPS) is 15.1. The van der Waals surface area contributed by atoms with Crippen molar-refractivity contribution in [3.05, 3.63) is 62.0 Å². The number of nitrogens with one attached hydrogen (secondary N) is 1. The number of hydrogen-bond donors (Lipinski definition) is 1. The Labute approximate surface area is 162 Å². The lowest BCUT2D eigenvalue weighted by Gasteiger charge is -2.36. The Morgan fingerprint density at radius 3 is 2.30 bits per heavy atom. The summed E-state index contributed by atoms with van der Waals surface area (Å²) >= 11 is 11.9. The predicted octanol–water partition coefficient (Wildman–Crippen LogP) is 3.66. The first kappa shape index (κ1) is 19.6. The van der Waals surface area contributed by atoms with Crippen LogP contribution in [0.15, 0.2) is 35.3 Å². The SMILES string of the molecule is O=C(c1cc(C(F)(F)F)c[nH]c1=O)N1CCN(c2ccc(Cl)c(Cl)c2)CC1. The first-order chi connectivity index (χ1) is 12.7. The molecular weight excluding hydrogens is 406 g/mol. The summed E-state index contributed by atoms with van der Waals surface area (Å²) in [5, 5.41) is 0.834. The molecule has 1 N–H and O–H groups in total. The molecule has 1 aliphatic heterocycles. The zero-order chi connectivity index (χ0) is 19.8. The largest absolute Gasteiger partial charge is 0.417 e. The number of alkyl halides is 3. The molecule has 1 saturated heterocycles. The Bertz CT molecular complexity index is 922. The minimum Gasteiger partial charge on any atom is -0.368 e. The number of amides is 1. The average Bonchev–Trinajstić information content (AvgIpc) is 2.63. The summed E-state index contributed by atoms with van der Waals surface area (Å²) in [5.41, 5.74) is -1.61. The number of aromatic nitrogens is 1. The maximum atomic E-state index is 12.8. The molecule has 0 spiro atoms. The lowest BCUT2D eigenvalue weighted by atomic mass is 10.1. The van der Waals surface area contributed by atoms with Crippen LogP contribution >= 0.6 is 23.2 Å². The maximum Gasteiger partial charge on any atom is 0.417 e. The topological polar surface area (TPSA) is 56.4 Å². The van der Waals surface area contributed by atoms with Crippen LogP contribution < -0.4 is 10.5 Å². The van der Waals surface area contributed by atoms with Crippen LogP contribution in [0.25, 0.3) is 0 Å². The van der Waals surface area contributed by atoms with Crippen molar-refractivity contribution in [1.29, 1.82) is 0 Å². The number of piperazine rings is 1. The van der Waals surface area contributed by atoms with Crippen molar-refractivity contribution in [3.63, 3.8) is 0 Å². The molecule has 0 unspecified atom stereocenters. The van der Waals surface area contributed by atoms with E-state index in [9.17, 15) is 22.8 Å². The molecule has 5 nitrogen and oxygen atoms in total. The third-order valence-electron chi connectivity index (χ3n) is 4.30. The third-order valence-corrected chi connectivity index (χ3v) is 5.04. The minimum absolute atomic E-state index is 0.259. The van der Waals surface area contributed by atoms with Crippen molar-refractivity contribution in [2.24, 2.45) is 0 Å². The van der Waals surface area contributed by atoms with Crippen LogP contribution in [-0.4, -0.2) is 42.0 Å². The molecule has 1 amide bonds. The van der Waals surface area contributed by atoms with E-state index in [1.165, 1.54) is 4.90 Å².